The van der Waals surface area contributed by atoms with Gasteiger partial charge in [-0.25, -0.2) is 5.43 Å². The van der Waals surface area contributed by atoms with Crippen LogP contribution in [0.25, 0.3) is 11.1 Å². The van der Waals surface area contributed by atoms with Crippen molar-refractivity contribution in [1.82, 2.24) is 5.43 Å². The molecule has 0 bridgehead atoms. The number of hydrogen-bond acceptors (Lipinski definition) is 4. The molecule has 0 aliphatic carbocycles. The van der Waals surface area contributed by atoms with Gasteiger partial charge in [0.1, 0.15) is 0 Å². The third-order valence-electron chi connectivity index (χ3n) is 4.12. The molecule has 2 rings (SSSR count). The van der Waals surface area contributed by atoms with Crippen molar-refractivity contribution in [3.05, 3.63) is 53.6 Å². The summed E-state index contributed by atoms with van der Waals surface area (Å²) < 4.78 is 5.00. The number of anilines is 1. The molecular weight excluding hydrogens is 312 g/mol. The molecule has 0 heterocycles. The van der Waals surface area contributed by atoms with Crippen LogP contribution in [0.4, 0.5) is 5.69 Å². The number of hydrogen-bond donors (Lipinski definition) is 2. The first-order valence-electron chi connectivity index (χ1n) is 8.86. The maximum Gasteiger partial charge on any atom is 0.306 e. The Balaban J connectivity index is 2.22. The lowest BCUT2D eigenvalue weighted by atomic mass is 9.94. The third-order valence-corrected chi connectivity index (χ3v) is 4.12. The predicted octanol–water partition coefficient (Wildman–Crippen LogP) is 4.52. The van der Waals surface area contributed by atoms with E-state index >= 15 is 0 Å². The van der Waals surface area contributed by atoms with Crippen LogP contribution in [0.3, 0.4) is 0 Å². The molecule has 2 aromatic rings. The van der Waals surface area contributed by atoms with E-state index in [1.807, 2.05) is 20.0 Å². The fourth-order valence-electron chi connectivity index (χ4n) is 2.85. The van der Waals surface area contributed by atoms with Crippen LogP contribution in [-0.4, -0.2) is 19.6 Å². The van der Waals surface area contributed by atoms with Gasteiger partial charge in [0, 0.05) is 13.5 Å². The maximum absolute atomic E-state index is 11.6. The molecule has 0 amide bonds. The number of ether oxygens (including phenoxy) is 1. The number of benzene rings is 2. The van der Waals surface area contributed by atoms with Crippen LogP contribution in [0.1, 0.15) is 44.2 Å². The summed E-state index contributed by atoms with van der Waals surface area (Å²) in [6.45, 7) is 6.65. The second-order valence-corrected chi connectivity index (χ2v) is 6.34. The summed E-state index contributed by atoms with van der Waals surface area (Å²) in [4.78, 5) is 11.6. The lowest BCUT2D eigenvalue weighted by Crippen LogP contribution is -2.16. The molecule has 0 saturated carbocycles. The number of aryl methyl sites for hydroxylation is 1. The SMILES string of the molecule is CCOC(=O)CCc1cccc(-c2ccc(NNC)c(C(C)C)c2)c1. The molecule has 0 aliphatic heterocycles. The Hall–Kier alpha value is -2.33. The zero-order chi connectivity index (χ0) is 18.2. The zero-order valence-electron chi connectivity index (χ0n) is 15.6. The number of carbonyl (C=O) groups is 1. The molecule has 25 heavy (non-hydrogen) atoms. The van der Waals surface area contributed by atoms with E-state index in [1.54, 1.807) is 0 Å². The highest BCUT2D eigenvalue weighted by Crippen LogP contribution is 2.30. The van der Waals surface area contributed by atoms with E-state index in [4.69, 9.17) is 4.74 Å². The maximum atomic E-state index is 11.6. The average molecular weight is 340 g/mol. The van der Waals surface area contributed by atoms with Gasteiger partial charge in [-0.15, -0.1) is 0 Å². The van der Waals surface area contributed by atoms with E-state index in [9.17, 15) is 4.79 Å². The minimum atomic E-state index is -0.141. The molecule has 0 aliphatic rings. The molecule has 0 saturated heterocycles. The van der Waals surface area contributed by atoms with Crippen molar-refractivity contribution in [3.63, 3.8) is 0 Å². The standard InChI is InChI=1S/C21H28N2O2/c1-5-25-21(24)12-9-16-7-6-8-17(13-16)18-10-11-20(23-22-4)19(14-18)15(2)3/h6-8,10-11,13-15,22-23H,5,9,12H2,1-4H3. The highest BCUT2D eigenvalue weighted by Gasteiger charge is 2.09. The van der Waals surface area contributed by atoms with Crippen LogP contribution >= 0.6 is 0 Å². The molecule has 0 aromatic heterocycles. The van der Waals surface area contributed by atoms with Crippen molar-refractivity contribution in [2.45, 2.75) is 39.5 Å². The summed E-state index contributed by atoms with van der Waals surface area (Å²) in [5.41, 5.74) is 12.0. The van der Waals surface area contributed by atoms with Gasteiger partial charge in [-0.2, -0.15) is 0 Å². The predicted molar refractivity (Wildman–Crippen MR) is 104 cm³/mol. The summed E-state index contributed by atoms with van der Waals surface area (Å²) in [5.74, 6) is 0.278. The minimum Gasteiger partial charge on any atom is -0.466 e. The minimum absolute atomic E-state index is 0.141. The van der Waals surface area contributed by atoms with Gasteiger partial charge in [0.2, 0.25) is 0 Å². The van der Waals surface area contributed by atoms with Gasteiger partial charge < -0.3 is 10.2 Å². The van der Waals surface area contributed by atoms with E-state index in [-0.39, 0.29) is 5.97 Å². The lowest BCUT2D eigenvalue weighted by Gasteiger charge is -2.16. The van der Waals surface area contributed by atoms with Gasteiger partial charge in [-0.1, -0.05) is 44.2 Å². The van der Waals surface area contributed by atoms with Crippen molar-refractivity contribution in [3.8, 4) is 11.1 Å². The van der Waals surface area contributed by atoms with Crippen molar-refractivity contribution >= 4 is 11.7 Å². The highest BCUT2D eigenvalue weighted by molar-refractivity contribution is 5.71. The van der Waals surface area contributed by atoms with E-state index in [2.05, 4.69) is 61.1 Å². The summed E-state index contributed by atoms with van der Waals surface area (Å²) in [7, 11) is 1.87. The Morgan fingerprint density at radius 3 is 2.56 bits per heavy atom. The number of hydrazine groups is 1. The molecule has 4 nitrogen and oxygen atoms in total. The molecule has 0 spiro atoms. The summed E-state index contributed by atoms with van der Waals surface area (Å²) in [6, 6.07) is 14.8. The van der Waals surface area contributed by atoms with Gasteiger partial charge >= 0.3 is 5.97 Å². The average Bonchev–Trinajstić information content (AvgIpc) is 2.61. The Bertz CT molecular complexity index is 711. The molecule has 4 heteroatoms. The fraction of sp³-hybridized carbons (Fsp3) is 0.381. The fourth-order valence-corrected chi connectivity index (χ4v) is 2.85. The van der Waals surface area contributed by atoms with Crippen molar-refractivity contribution in [1.29, 1.82) is 0 Å². The van der Waals surface area contributed by atoms with Crippen LogP contribution in [0, 0.1) is 0 Å². The Kier molecular flexibility index (Phi) is 7.02. The second-order valence-electron chi connectivity index (χ2n) is 6.34. The Labute approximate surface area is 150 Å². The van der Waals surface area contributed by atoms with Crippen LogP contribution < -0.4 is 10.9 Å². The third kappa shape index (κ3) is 5.33. The number of carbonyl (C=O) groups excluding carboxylic acids is 1. The normalized spacial score (nSPS) is 10.8. The Morgan fingerprint density at radius 2 is 1.88 bits per heavy atom. The first-order valence-corrected chi connectivity index (χ1v) is 8.86. The molecule has 0 radical (unpaired) electrons. The second kappa shape index (κ2) is 9.23. The largest absolute Gasteiger partial charge is 0.466 e. The number of nitrogens with one attached hydrogen (secondary N) is 2. The highest BCUT2D eigenvalue weighted by atomic mass is 16.5. The van der Waals surface area contributed by atoms with Crippen molar-refractivity contribution in [2.75, 3.05) is 19.1 Å². The molecule has 2 aromatic carbocycles. The van der Waals surface area contributed by atoms with Crippen LogP contribution in [0.15, 0.2) is 42.5 Å². The van der Waals surface area contributed by atoms with Crippen molar-refractivity contribution in [2.24, 2.45) is 0 Å². The smallest absolute Gasteiger partial charge is 0.306 e. The summed E-state index contributed by atoms with van der Waals surface area (Å²) in [6.07, 6.45) is 1.11. The van der Waals surface area contributed by atoms with E-state index in [0.29, 0.717) is 25.4 Å². The van der Waals surface area contributed by atoms with Gasteiger partial charge in [0.25, 0.3) is 0 Å². The van der Waals surface area contributed by atoms with Crippen LogP contribution in [-0.2, 0) is 16.0 Å². The monoisotopic (exact) mass is 340 g/mol. The number of rotatable bonds is 8. The molecule has 0 atom stereocenters. The van der Waals surface area contributed by atoms with Gasteiger partial charge in [-0.3, -0.25) is 4.79 Å². The van der Waals surface area contributed by atoms with Gasteiger partial charge in [-0.05, 0) is 53.6 Å². The van der Waals surface area contributed by atoms with E-state index in [1.165, 1.54) is 16.7 Å². The molecule has 0 unspecified atom stereocenters. The van der Waals surface area contributed by atoms with E-state index in [0.717, 1.165) is 11.3 Å². The summed E-state index contributed by atoms with van der Waals surface area (Å²) >= 11 is 0. The zero-order valence-corrected chi connectivity index (χ0v) is 15.6. The lowest BCUT2D eigenvalue weighted by molar-refractivity contribution is -0.143. The molecular formula is C21H28N2O2. The first kappa shape index (κ1) is 19.0. The van der Waals surface area contributed by atoms with Gasteiger partial charge in [0.05, 0.1) is 12.3 Å². The van der Waals surface area contributed by atoms with Crippen LogP contribution in [0.2, 0.25) is 0 Å². The van der Waals surface area contributed by atoms with E-state index < -0.39 is 0 Å². The van der Waals surface area contributed by atoms with Crippen LogP contribution in [0.5, 0.6) is 0 Å². The summed E-state index contributed by atoms with van der Waals surface area (Å²) in [5, 5.41) is 0. The quantitative estimate of drug-likeness (QED) is 0.548. The molecule has 0 fully saturated rings. The first-order chi connectivity index (χ1) is 12.0. The van der Waals surface area contributed by atoms with Crippen molar-refractivity contribution < 1.29 is 9.53 Å². The van der Waals surface area contributed by atoms with Gasteiger partial charge in [0.15, 0.2) is 0 Å². The number of esters is 1. The topological polar surface area (TPSA) is 50.4 Å². The Morgan fingerprint density at radius 1 is 1.12 bits per heavy atom. The molecule has 134 valence electrons. The molecule has 2 N–H and O–H groups in total.